The third-order valence-corrected chi connectivity index (χ3v) is 6.39. The number of nitrogens with one attached hydrogen (secondary N) is 1. The van der Waals surface area contributed by atoms with Crippen molar-refractivity contribution >= 4 is 10.9 Å². The number of methoxy groups -OCH3 is 2. The fourth-order valence-corrected chi connectivity index (χ4v) is 4.51. The molecule has 1 N–H and O–H groups in total. The van der Waals surface area contributed by atoms with Gasteiger partial charge in [-0.25, -0.2) is 13.1 Å². The lowest BCUT2D eigenvalue weighted by molar-refractivity contribution is 0.390. The zero-order chi connectivity index (χ0) is 25.7. The molecule has 0 saturated heterocycles. The molecular formula is C24H27N7O4S. The van der Waals surface area contributed by atoms with E-state index < -0.39 is 22.8 Å². The van der Waals surface area contributed by atoms with Gasteiger partial charge in [0.05, 0.1) is 25.6 Å². The first-order chi connectivity index (χ1) is 17.4. The first-order valence-corrected chi connectivity index (χ1v) is 12.4. The number of hydrogen-bond acceptors (Lipinski definition) is 9. The Morgan fingerprint density at radius 2 is 1.75 bits per heavy atom. The van der Waals surface area contributed by atoms with Gasteiger partial charge in [0.15, 0.2) is 5.82 Å². The maximum absolute atomic E-state index is 11.5. The molecule has 4 aromatic rings. The SMILES string of the molecule is COc1cccc(OC)c1-n1c(C[C@@H](c2cnc(C)cn2)[C@@H](C)N[SH](=O)=O)nnc1-c1cccnc1. The van der Waals surface area contributed by atoms with E-state index in [4.69, 9.17) is 9.47 Å². The lowest BCUT2D eigenvalue weighted by atomic mass is 9.94. The van der Waals surface area contributed by atoms with Crippen LogP contribution in [0.3, 0.4) is 0 Å². The van der Waals surface area contributed by atoms with Crippen LogP contribution in [-0.2, 0) is 17.3 Å². The Labute approximate surface area is 210 Å². The second kappa shape index (κ2) is 11.2. The van der Waals surface area contributed by atoms with Gasteiger partial charge >= 0.3 is 0 Å². The Morgan fingerprint density at radius 1 is 1.00 bits per heavy atom. The van der Waals surface area contributed by atoms with E-state index in [9.17, 15) is 8.42 Å². The molecule has 1 aromatic carbocycles. The van der Waals surface area contributed by atoms with Crippen LogP contribution in [0.2, 0.25) is 0 Å². The van der Waals surface area contributed by atoms with Crippen molar-refractivity contribution in [2.75, 3.05) is 14.2 Å². The maximum Gasteiger partial charge on any atom is 0.201 e. The van der Waals surface area contributed by atoms with Crippen molar-refractivity contribution in [1.82, 2.24) is 34.4 Å². The number of thiol groups is 1. The maximum atomic E-state index is 11.5. The highest BCUT2D eigenvalue weighted by atomic mass is 32.2. The summed E-state index contributed by atoms with van der Waals surface area (Å²) in [5.41, 5.74) is 2.74. The highest BCUT2D eigenvalue weighted by Gasteiger charge is 2.28. The van der Waals surface area contributed by atoms with E-state index in [-0.39, 0.29) is 0 Å². The summed E-state index contributed by atoms with van der Waals surface area (Å²) >= 11 is 0. The van der Waals surface area contributed by atoms with Crippen LogP contribution in [-0.4, -0.2) is 58.4 Å². The predicted molar refractivity (Wildman–Crippen MR) is 134 cm³/mol. The van der Waals surface area contributed by atoms with Crippen molar-refractivity contribution in [3.63, 3.8) is 0 Å². The van der Waals surface area contributed by atoms with E-state index in [0.29, 0.717) is 40.9 Å². The standard InChI is InChI=1S/C24H27N7O4S/c1-15-12-27-19(14-26-15)18(16(2)30-36(32)33)11-22-28-29-24(17-7-6-10-25-13-17)31(22)23-20(34-3)8-5-9-21(23)35-4/h5-10,12-14,16,18,36H,11H2,1-4H3,(H,30,32,33)/t16-,18-/m1/s1. The predicted octanol–water partition coefficient (Wildman–Crippen LogP) is 2.28. The fraction of sp³-hybridized carbons (Fsp3) is 0.292. The van der Waals surface area contributed by atoms with Gasteiger partial charge in [0.2, 0.25) is 10.9 Å². The van der Waals surface area contributed by atoms with Gasteiger partial charge in [0.25, 0.3) is 0 Å². The Hall–Kier alpha value is -3.90. The minimum atomic E-state index is -2.83. The van der Waals surface area contributed by atoms with Crippen molar-refractivity contribution in [2.24, 2.45) is 0 Å². The van der Waals surface area contributed by atoms with Crippen LogP contribution < -0.4 is 14.2 Å². The van der Waals surface area contributed by atoms with Gasteiger partial charge in [-0.15, -0.1) is 10.2 Å². The zero-order valence-electron chi connectivity index (χ0n) is 20.3. The fourth-order valence-electron chi connectivity index (χ4n) is 4.00. The van der Waals surface area contributed by atoms with Gasteiger partial charge in [-0.2, -0.15) is 0 Å². The number of nitrogens with zero attached hydrogens (tertiary/aromatic N) is 6. The average Bonchev–Trinajstić information content (AvgIpc) is 3.30. The number of aryl methyl sites for hydroxylation is 1. The van der Waals surface area contributed by atoms with Crippen molar-refractivity contribution in [3.05, 3.63) is 72.3 Å². The summed E-state index contributed by atoms with van der Waals surface area (Å²) in [6, 6.07) is 8.68. The Morgan fingerprint density at radius 3 is 2.33 bits per heavy atom. The summed E-state index contributed by atoms with van der Waals surface area (Å²) in [5, 5.41) is 8.99. The van der Waals surface area contributed by atoms with Gasteiger partial charge in [-0.05, 0) is 38.1 Å². The molecule has 0 bridgehead atoms. The largest absolute Gasteiger partial charge is 0.494 e. The van der Waals surface area contributed by atoms with Crippen LogP contribution in [0.25, 0.3) is 17.1 Å². The van der Waals surface area contributed by atoms with Gasteiger partial charge in [-0.3, -0.25) is 19.5 Å². The molecule has 0 unspecified atom stereocenters. The van der Waals surface area contributed by atoms with E-state index in [2.05, 4.69) is 29.9 Å². The van der Waals surface area contributed by atoms with Gasteiger partial charge in [0.1, 0.15) is 23.0 Å². The van der Waals surface area contributed by atoms with Gasteiger partial charge in [0, 0.05) is 48.7 Å². The number of para-hydroxylation sites is 1. The Kier molecular flexibility index (Phi) is 7.86. The molecule has 0 aliphatic heterocycles. The smallest absolute Gasteiger partial charge is 0.201 e. The van der Waals surface area contributed by atoms with Crippen molar-refractivity contribution < 1.29 is 17.9 Å². The summed E-state index contributed by atoms with van der Waals surface area (Å²) < 4.78 is 38.8. The molecule has 0 radical (unpaired) electrons. The summed E-state index contributed by atoms with van der Waals surface area (Å²) in [6.45, 7) is 3.62. The molecule has 0 spiro atoms. The van der Waals surface area contributed by atoms with E-state index in [0.717, 1.165) is 11.3 Å². The topological polar surface area (TPSA) is 134 Å². The molecular weight excluding hydrogens is 482 g/mol. The number of ether oxygens (including phenoxy) is 2. The highest BCUT2D eigenvalue weighted by molar-refractivity contribution is 7.70. The zero-order valence-corrected chi connectivity index (χ0v) is 21.2. The van der Waals surface area contributed by atoms with Gasteiger partial charge in [-0.1, -0.05) is 6.07 Å². The number of hydrogen-bond donors (Lipinski definition) is 2. The lowest BCUT2D eigenvalue weighted by Crippen LogP contribution is -2.33. The number of benzene rings is 1. The second-order valence-electron chi connectivity index (χ2n) is 8.10. The van der Waals surface area contributed by atoms with Crippen molar-refractivity contribution in [1.29, 1.82) is 0 Å². The van der Waals surface area contributed by atoms with E-state index in [1.54, 1.807) is 45.9 Å². The third kappa shape index (κ3) is 5.34. The molecule has 188 valence electrons. The first kappa shape index (κ1) is 25.2. The van der Waals surface area contributed by atoms with Crippen molar-refractivity contribution in [2.45, 2.75) is 32.2 Å². The molecule has 0 aliphatic rings. The minimum absolute atomic E-state index is 0.295. The second-order valence-corrected chi connectivity index (χ2v) is 8.87. The molecule has 0 fully saturated rings. The number of rotatable bonds is 10. The summed E-state index contributed by atoms with van der Waals surface area (Å²) in [7, 11) is 0.323. The normalized spacial score (nSPS) is 12.9. The van der Waals surface area contributed by atoms with Crippen LogP contribution in [0.15, 0.2) is 55.1 Å². The quantitative estimate of drug-likeness (QED) is 0.309. The Balaban J connectivity index is 1.91. The van der Waals surface area contributed by atoms with Crippen LogP contribution in [0.5, 0.6) is 11.5 Å². The summed E-state index contributed by atoms with van der Waals surface area (Å²) in [5.74, 6) is 1.81. The average molecular weight is 510 g/mol. The monoisotopic (exact) mass is 509 g/mol. The summed E-state index contributed by atoms with van der Waals surface area (Å²) in [4.78, 5) is 13.1. The first-order valence-electron chi connectivity index (χ1n) is 11.2. The molecule has 3 heterocycles. The van der Waals surface area contributed by atoms with E-state index >= 15 is 0 Å². The molecule has 0 saturated carbocycles. The molecule has 0 amide bonds. The van der Waals surface area contributed by atoms with Crippen LogP contribution in [0.4, 0.5) is 0 Å². The summed E-state index contributed by atoms with van der Waals surface area (Å²) in [6.07, 6.45) is 6.98. The minimum Gasteiger partial charge on any atom is -0.494 e. The number of aromatic nitrogens is 6. The lowest BCUT2D eigenvalue weighted by Gasteiger charge is -2.23. The molecule has 0 aliphatic carbocycles. The van der Waals surface area contributed by atoms with E-state index in [1.807, 2.05) is 41.8 Å². The molecule has 2 atom stereocenters. The molecule has 36 heavy (non-hydrogen) atoms. The molecule has 3 aromatic heterocycles. The van der Waals surface area contributed by atoms with Crippen molar-refractivity contribution in [3.8, 4) is 28.6 Å². The van der Waals surface area contributed by atoms with E-state index in [1.165, 1.54) is 0 Å². The van der Waals surface area contributed by atoms with Gasteiger partial charge < -0.3 is 9.47 Å². The molecule has 4 rings (SSSR count). The highest BCUT2D eigenvalue weighted by Crippen LogP contribution is 2.37. The third-order valence-electron chi connectivity index (χ3n) is 5.77. The Bertz CT molecular complexity index is 1360. The number of pyridine rings is 1. The molecule has 12 heteroatoms. The van der Waals surface area contributed by atoms with Crippen LogP contribution >= 0.6 is 0 Å². The molecule has 11 nitrogen and oxygen atoms in total. The van der Waals surface area contributed by atoms with Crippen LogP contribution in [0.1, 0.15) is 30.1 Å². The van der Waals surface area contributed by atoms with Crippen LogP contribution in [0, 0.1) is 6.92 Å².